The molecular weight excluding hydrogens is 552 g/mol. The van der Waals surface area contributed by atoms with Crippen LogP contribution in [-0.2, 0) is 23.4 Å². The zero-order valence-electron chi connectivity index (χ0n) is 20.4. The van der Waals surface area contributed by atoms with E-state index in [9.17, 15) is 24.1 Å². The minimum absolute atomic E-state index is 0.185. The minimum Gasteiger partial charge on any atom is -0.462 e. The van der Waals surface area contributed by atoms with Crippen molar-refractivity contribution in [3.05, 3.63) is 62.4 Å². The van der Waals surface area contributed by atoms with Crippen LogP contribution >= 0.6 is 30.9 Å². The summed E-state index contributed by atoms with van der Waals surface area (Å²) >= 11 is 12.4. The fourth-order valence-electron chi connectivity index (χ4n) is 3.49. The lowest BCUT2D eigenvalue weighted by Gasteiger charge is -2.26. The lowest BCUT2D eigenvalue weighted by molar-refractivity contribution is -0.149. The SMILES string of the molecule is CC(C)OC(=O)[C@@H](C)N[P@](=O)(OC[C@H]1OC(n2cc(Cl)c(=O)[nH]c2=O)[C@](C)(Cl)[C@@H]1O)Oc1ccccc1. The maximum Gasteiger partial charge on any atom is 0.459 e. The Morgan fingerprint density at radius 2 is 1.95 bits per heavy atom. The molecule has 0 amide bonds. The van der Waals surface area contributed by atoms with Crippen LogP contribution in [0.3, 0.4) is 0 Å². The number of alkyl halides is 1. The highest BCUT2D eigenvalue weighted by Crippen LogP contribution is 2.48. The highest BCUT2D eigenvalue weighted by molar-refractivity contribution is 7.52. The number of hydrogen-bond acceptors (Lipinski definition) is 9. The zero-order chi connectivity index (χ0) is 27.5. The molecular formula is C22H28Cl2N3O9P. The maximum absolute atomic E-state index is 13.6. The van der Waals surface area contributed by atoms with E-state index < -0.39 is 67.0 Å². The van der Waals surface area contributed by atoms with Gasteiger partial charge in [-0.25, -0.2) is 9.36 Å². The van der Waals surface area contributed by atoms with Crippen LogP contribution < -0.4 is 20.9 Å². The molecule has 0 saturated carbocycles. The summed E-state index contributed by atoms with van der Waals surface area (Å²) in [5.74, 6) is -0.500. The van der Waals surface area contributed by atoms with E-state index in [0.717, 1.165) is 10.8 Å². The monoisotopic (exact) mass is 579 g/mol. The first-order chi connectivity index (χ1) is 17.2. The average molecular weight is 580 g/mol. The number of nitrogens with zero attached hydrogens (tertiary/aromatic N) is 1. The minimum atomic E-state index is -4.25. The van der Waals surface area contributed by atoms with Crippen molar-refractivity contribution in [2.75, 3.05) is 6.61 Å². The van der Waals surface area contributed by atoms with Crippen molar-refractivity contribution in [1.29, 1.82) is 0 Å². The molecule has 0 radical (unpaired) electrons. The van der Waals surface area contributed by atoms with Crippen LogP contribution in [0.2, 0.25) is 5.02 Å². The third kappa shape index (κ3) is 7.02. The van der Waals surface area contributed by atoms with E-state index in [1.54, 1.807) is 32.0 Å². The summed E-state index contributed by atoms with van der Waals surface area (Å²) in [6, 6.07) is 7.01. The second-order valence-corrected chi connectivity index (χ2v) is 11.7. The van der Waals surface area contributed by atoms with Crippen LogP contribution in [0.5, 0.6) is 5.75 Å². The Morgan fingerprint density at radius 1 is 1.30 bits per heavy atom. The van der Waals surface area contributed by atoms with Crippen molar-refractivity contribution in [2.45, 2.75) is 63.2 Å². The van der Waals surface area contributed by atoms with Crippen LogP contribution in [-0.4, -0.2) is 56.5 Å². The van der Waals surface area contributed by atoms with E-state index in [1.165, 1.54) is 26.0 Å². The van der Waals surface area contributed by atoms with Gasteiger partial charge in [-0.2, -0.15) is 5.09 Å². The Hall–Kier alpha value is -2.18. The number of nitrogens with one attached hydrogen (secondary N) is 2. The van der Waals surface area contributed by atoms with E-state index in [-0.39, 0.29) is 10.8 Å². The number of carbonyl (C=O) groups is 1. The first-order valence-corrected chi connectivity index (χ1v) is 13.5. The van der Waals surface area contributed by atoms with Gasteiger partial charge in [0.2, 0.25) is 0 Å². The van der Waals surface area contributed by atoms with Gasteiger partial charge in [0.1, 0.15) is 33.9 Å². The molecule has 1 aliphatic rings. The molecule has 1 aromatic carbocycles. The fraction of sp³-hybridized carbons (Fsp3) is 0.500. The molecule has 1 unspecified atom stereocenters. The predicted molar refractivity (Wildman–Crippen MR) is 135 cm³/mol. The number of esters is 1. The number of aromatic amines is 1. The van der Waals surface area contributed by atoms with Gasteiger partial charge in [-0.05, 0) is 39.8 Å². The largest absolute Gasteiger partial charge is 0.462 e. The summed E-state index contributed by atoms with van der Waals surface area (Å²) in [6.07, 6.45) is -3.27. The van der Waals surface area contributed by atoms with Gasteiger partial charge in [0.25, 0.3) is 5.56 Å². The highest BCUT2D eigenvalue weighted by Gasteiger charge is 2.54. The van der Waals surface area contributed by atoms with Crippen molar-refractivity contribution < 1.29 is 33.0 Å². The standard InChI is InChI=1S/C22H28Cl2N3O9P/c1-12(2)34-19(30)13(3)26-37(32,36-14-8-6-5-7-9-14)33-11-16-17(28)22(4,24)20(35-16)27-10-15(23)18(29)25-21(27)31/h5-10,12-13,16-17,20,28H,11H2,1-4H3,(H,26,32)(H,25,29,31)/t13-,16-,17-,20?,22-,37+/m1/s1. The summed E-state index contributed by atoms with van der Waals surface area (Å²) in [6.45, 7) is 5.65. The van der Waals surface area contributed by atoms with Gasteiger partial charge in [0.05, 0.1) is 12.7 Å². The molecule has 1 saturated heterocycles. The second-order valence-electron chi connectivity index (χ2n) is 8.80. The molecule has 3 rings (SSSR count). The van der Waals surface area contributed by atoms with Crippen molar-refractivity contribution in [3.8, 4) is 5.75 Å². The van der Waals surface area contributed by atoms with Crippen LogP contribution in [0.1, 0.15) is 33.9 Å². The Bertz CT molecular complexity index is 1270. The Balaban J connectivity index is 1.82. The number of para-hydroxylation sites is 1. The molecule has 12 nitrogen and oxygen atoms in total. The Morgan fingerprint density at radius 3 is 2.57 bits per heavy atom. The number of ether oxygens (including phenoxy) is 2. The molecule has 0 spiro atoms. The fourth-order valence-corrected chi connectivity index (χ4v) is 5.44. The molecule has 2 heterocycles. The van der Waals surface area contributed by atoms with Crippen molar-refractivity contribution >= 4 is 36.9 Å². The van der Waals surface area contributed by atoms with Crippen molar-refractivity contribution in [3.63, 3.8) is 0 Å². The van der Waals surface area contributed by atoms with Crippen LogP contribution in [0.15, 0.2) is 46.1 Å². The number of aliphatic hydroxyl groups excluding tert-OH is 1. The van der Waals surface area contributed by atoms with Crippen LogP contribution in [0.4, 0.5) is 0 Å². The van der Waals surface area contributed by atoms with Gasteiger partial charge in [0.15, 0.2) is 6.23 Å². The molecule has 2 aromatic rings. The molecule has 37 heavy (non-hydrogen) atoms. The molecule has 15 heteroatoms. The number of benzene rings is 1. The normalized spacial score (nSPS) is 26.0. The molecule has 0 aliphatic carbocycles. The number of hydrogen-bond donors (Lipinski definition) is 3. The molecule has 204 valence electrons. The van der Waals surface area contributed by atoms with Crippen LogP contribution in [0, 0.1) is 0 Å². The first-order valence-electron chi connectivity index (χ1n) is 11.2. The van der Waals surface area contributed by atoms with E-state index in [2.05, 4.69) is 5.09 Å². The molecule has 1 aromatic heterocycles. The number of carbonyl (C=O) groups excluding carboxylic acids is 1. The van der Waals surface area contributed by atoms with Gasteiger partial charge in [0, 0.05) is 6.20 Å². The molecule has 0 bridgehead atoms. The third-order valence-corrected chi connectivity index (χ3v) is 7.65. The summed E-state index contributed by atoms with van der Waals surface area (Å²) in [4.78, 5) is 36.7. The average Bonchev–Trinajstić information content (AvgIpc) is 3.03. The van der Waals surface area contributed by atoms with Crippen LogP contribution in [0.25, 0.3) is 0 Å². The zero-order valence-corrected chi connectivity index (χ0v) is 22.8. The summed E-state index contributed by atoms with van der Waals surface area (Å²) < 4.78 is 36.6. The summed E-state index contributed by atoms with van der Waals surface area (Å²) in [5, 5.41) is 13.1. The number of aromatic nitrogens is 2. The van der Waals surface area contributed by atoms with Gasteiger partial charge in [-0.1, -0.05) is 29.8 Å². The van der Waals surface area contributed by atoms with Crippen molar-refractivity contribution in [2.24, 2.45) is 0 Å². The summed E-state index contributed by atoms with van der Waals surface area (Å²) in [7, 11) is -4.25. The lowest BCUT2D eigenvalue weighted by atomic mass is 10.0. The van der Waals surface area contributed by atoms with Gasteiger partial charge in [-0.3, -0.25) is 23.7 Å². The molecule has 6 atom stereocenters. The Kier molecular flexibility index (Phi) is 9.28. The molecule has 1 fully saturated rings. The second kappa shape index (κ2) is 11.7. The molecule has 1 aliphatic heterocycles. The number of H-pyrrole nitrogens is 1. The quantitative estimate of drug-likeness (QED) is 0.217. The van der Waals surface area contributed by atoms with E-state index in [4.69, 9.17) is 41.7 Å². The lowest BCUT2D eigenvalue weighted by Crippen LogP contribution is -2.43. The number of aliphatic hydroxyl groups is 1. The third-order valence-electron chi connectivity index (χ3n) is 5.33. The number of rotatable bonds is 10. The maximum atomic E-state index is 13.6. The van der Waals surface area contributed by atoms with Gasteiger partial charge >= 0.3 is 19.4 Å². The number of halogens is 2. The predicted octanol–water partition coefficient (Wildman–Crippen LogP) is 2.58. The molecule has 3 N–H and O–H groups in total. The van der Waals surface area contributed by atoms with E-state index in [0.29, 0.717) is 0 Å². The topological polar surface area (TPSA) is 158 Å². The van der Waals surface area contributed by atoms with E-state index in [1.807, 2.05) is 4.98 Å². The van der Waals surface area contributed by atoms with Gasteiger partial charge in [-0.15, -0.1) is 11.6 Å². The van der Waals surface area contributed by atoms with Gasteiger partial charge < -0.3 is 19.1 Å². The summed E-state index contributed by atoms with van der Waals surface area (Å²) in [5.41, 5.74) is -1.66. The van der Waals surface area contributed by atoms with Crippen molar-refractivity contribution in [1.82, 2.24) is 14.6 Å². The van der Waals surface area contributed by atoms with E-state index >= 15 is 0 Å². The highest BCUT2D eigenvalue weighted by atomic mass is 35.5. The first kappa shape index (κ1) is 29.4. The smallest absolute Gasteiger partial charge is 0.459 e. The Labute approximate surface area is 222 Å².